The molecule has 2 aliphatic heterocycles. The van der Waals surface area contributed by atoms with Crippen molar-refractivity contribution in [3.8, 4) is 0 Å². The number of rotatable bonds is 4. The largest absolute Gasteiger partial charge is 0.375 e. The van der Waals surface area contributed by atoms with Gasteiger partial charge in [-0.15, -0.1) is 0 Å². The van der Waals surface area contributed by atoms with Gasteiger partial charge in [0.15, 0.2) is 0 Å². The Labute approximate surface area is 132 Å². The Morgan fingerprint density at radius 2 is 2.29 bits per heavy atom. The molecule has 21 heavy (non-hydrogen) atoms. The average molecular weight is 309 g/mol. The number of nitrogens with zero attached hydrogens (tertiary/aromatic N) is 2. The van der Waals surface area contributed by atoms with Crippen molar-refractivity contribution >= 4 is 11.8 Å². The van der Waals surface area contributed by atoms with Crippen molar-refractivity contribution in [2.45, 2.75) is 63.8 Å². The molecule has 5 heteroatoms. The normalized spacial score (nSPS) is 25.6. The lowest BCUT2D eigenvalue weighted by Crippen LogP contribution is -2.43. The van der Waals surface area contributed by atoms with Crippen LogP contribution >= 0.6 is 11.8 Å². The van der Waals surface area contributed by atoms with Gasteiger partial charge in [-0.2, -0.15) is 16.9 Å². The number of aromatic nitrogens is 2. The van der Waals surface area contributed by atoms with Crippen LogP contribution in [0.15, 0.2) is 12.4 Å². The second kappa shape index (κ2) is 6.71. The first-order chi connectivity index (χ1) is 10.2. The lowest BCUT2D eigenvalue weighted by molar-refractivity contribution is -0.100. The first-order valence-corrected chi connectivity index (χ1v) is 9.30. The maximum atomic E-state index is 6.18. The van der Waals surface area contributed by atoms with Gasteiger partial charge in [0.2, 0.25) is 0 Å². The highest BCUT2D eigenvalue weighted by atomic mass is 32.2. The van der Waals surface area contributed by atoms with Crippen molar-refractivity contribution in [2.24, 2.45) is 0 Å². The fourth-order valence-electron chi connectivity index (χ4n) is 3.31. The number of thioether (sulfide) groups is 1. The van der Waals surface area contributed by atoms with Gasteiger partial charge in [-0.05, 0) is 37.2 Å². The van der Waals surface area contributed by atoms with Crippen LogP contribution in [0.2, 0.25) is 0 Å². The van der Waals surface area contributed by atoms with Crippen molar-refractivity contribution in [1.29, 1.82) is 0 Å². The minimum Gasteiger partial charge on any atom is -0.375 e. The lowest BCUT2D eigenvalue weighted by atomic mass is 9.85. The van der Waals surface area contributed by atoms with Crippen LogP contribution in [0.25, 0.3) is 0 Å². The Hall–Kier alpha value is -0.520. The van der Waals surface area contributed by atoms with Crippen molar-refractivity contribution < 1.29 is 4.74 Å². The van der Waals surface area contributed by atoms with Gasteiger partial charge < -0.3 is 10.1 Å². The maximum Gasteiger partial charge on any atom is 0.0718 e. The number of nitrogens with one attached hydrogen (secondary N) is 1. The van der Waals surface area contributed by atoms with Crippen LogP contribution in [0.5, 0.6) is 0 Å². The van der Waals surface area contributed by atoms with E-state index in [0.717, 1.165) is 26.0 Å². The van der Waals surface area contributed by atoms with E-state index in [9.17, 15) is 0 Å². The van der Waals surface area contributed by atoms with Gasteiger partial charge in [0.1, 0.15) is 0 Å². The highest BCUT2D eigenvalue weighted by Crippen LogP contribution is 2.41. The number of hydrogen-bond donors (Lipinski definition) is 1. The van der Waals surface area contributed by atoms with Crippen LogP contribution in [-0.4, -0.2) is 39.5 Å². The Morgan fingerprint density at radius 3 is 3.05 bits per heavy atom. The van der Waals surface area contributed by atoms with Crippen LogP contribution in [0.1, 0.15) is 51.1 Å². The summed E-state index contributed by atoms with van der Waals surface area (Å²) >= 11 is 2.06. The van der Waals surface area contributed by atoms with E-state index >= 15 is 0 Å². The summed E-state index contributed by atoms with van der Waals surface area (Å²) in [6.07, 6.45) is 8.86. The molecule has 1 N–H and O–H groups in total. The second-order valence-electron chi connectivity index (χ2n) is 6.65. The molecule has 0 amide bonds. The summed E-state index contributed by atoms with van der Waals surface area (Å²) < 4.78 is 8.36. The molecule has 1 atom stereocenters. The van der Waals surface area contributed by atoms with E-state index in [1.807, 2.05) is 6.20 Å². The minimum atomic E-state index is 0.135. The summed E-state index contributed by atoms with van der Waals surface area (Å²) in [7, 11) is 0. The Balaban J connectivity index is 1.63. The molecular formula is C16H27N3OS. The molecule has 2 aliphatic rings. The third-order valence-corrected chi connectivity index (χ3v) is 5.60. The molecular weight excluding hydrogens is 282 g/mol. The van der Waals surface area contributed by atoms with E-state index in [1.54, 1.807) is 0 Å². The summed E-state index contributed by atoms with van der Waals surface area (Å²) in [6.45, 7) is 6.14. The van der Waals surface area contributed by atoms with Crippen molar-refractivity contribution in [2.75, 3.05) is 18.1 Å². The monoisotopic (exact) mass is 309 g/mol. The summed E-state index contributed by atoms with van der Waals surface area (Å²) in [6, 6.07) is 1.02. The van der Waals surface area contributed by atoms with Crippen molar-refractivity contribution in [3.05, 3.63) is 18.0 Å². The van der Waals surface area contributed by atoms with Gasteiger partial charge in [0, 0.05) is 31.0 Å². The molecule has 0 aliphatic carbocycles. The molecule has 0 aromatic carbocycles. The van der Waals surface area contributed by atoms with Crippen LogP contribution in [0.3, 0.4) is 0 Å². The first-order valence-electron chi connectivity index (χ1n) is 8.15. The molecule has 0 saturated carbocycles. The summed E-state index contributed by atoms with van der Waals surface area (Å²) in [5.74, 6) is 2.49. The molecule has 1 aromatic rings. The minimum absolute atomic E-state index is 0.135. The average Bonchev–Trinajstić information content (AvgIpc) is 2.95. The smallest absolute Gasteiger partial charge is 0.0718 e. The quantitative estimate of drug-likeness (QED) is 0.928. The van der Waals surface area contributed by atoms with E-state index in [0.29, 0.717) is 12.1 Å². The molecule has 4 nitrogen and oxygen atoms in total. The molecule has 1 unspecified atom stereocenters. The van der Waals surface area contributed by atoms with E-state index in [2.05, 4.69) is 46.9 Å². The Bertz CT molecular complexity index is 449. The Morgan fingerprint density at radius 1 is 1.48 bits per heavy atom. The van der Waals surface area contributed by atoms with Crippen molar-refractivity contribution in [3.63, 3.8) is 0 Å². The zero-order chi connectivity index (χ0) is 14.7. The van der Waals surface area contributed by atoms with Crippen LogP contribution < -0.4 is 5.32 Å². The summed E-state index contributed by atoms with van der Waals surface area (Å²) in [4.78, 5) is 0. The molecule has 3 heterocycles. The van der Waals surface area contributed by atoms with Crippen LogP contribution in [0.4, 0.5) is 0 Å². The molecule has 1 aromatic heterocycles. The molecule has 1 spiro atoms. The summed E-state index contributed by atoms with van der Waals surface area (Å²) in [5.41, 5.74) is 1.42. The number of ether oxygens (including phenoxy) is 1. The van der Waals surface area contributed by atoms with Gasteiger partial charge in [-0.1, -0.05) is 13.8 Å². The second-order valence-corrected chi connectivity index (χ2v) is 7.88. The molecule has 3 rings (SSSR count). The third kappa shape index (κ3) is 3.82. The molecule has 0 radical (unpaired) electrons. The van der Waals surface area contributed by atoms with Crippen molar-refractivity contribution in [1.82, 2.24) is 15.1 Å². The lowest BCUT2D eigenvalue weighted by Gasteiger charge is -2.43. The summed E-state index contributed by atoms with van der Waals surface area (Å²) in [5, 5.41) is 8.07. The first kappa shape index (κ1) is 15.4. The predicted molar refractivity (Wildman–Crippen MR) is 87.7 cm³/mol. The highest BCUT2D eigenvalue weighted by Gasteiger charge is 2.39. The predicted octanol–water partition coefficient (Wildman–Crippen LogP) is 3.00. The van der Waals surface area contributed by atoms with E-state index in [1.165, 1.54) is 29.9 Å². The van der Waals surface area contributed by atoms with Gasteiger partial charge in [-0.25, -0.2) is 0 Å². The van der Waals surface area contributed by atoms with E-state index < -0.39 is 0 Å². The van der Waals surface area contributed by atoms with E-state index in [-0.39, 0.29) is 5.60 Å². The molecule has 2 saturated heterocycles. The molecule has 118 valence electrons. The zero-order valence-corrected chi connectivity index (χ0v) is 14.0. The van der Waals surface area contributed by atoms with E-state index in [4.69, 9.17) is 4.74 Å². The van der Waals surface area contributed by atoms with Gasteiger partial charge in [0.05, 0.1) is 17.8 Å². The highest BCUT2D eigenvalue weighted by molar-refractivity contribution is 7.99. The molecule has 2 fully saturated rings. The molecule has 0 bridgehead atoms. The van der Waals surface area contributed by atoms with Crippen LogP contribution in [-0.2, 0) is 11.3 Å². The number of hydrogen-bond acceptors (Lipinski definition) is 4. The Kier molecular flexibility index (Phi) is 4.92. The fourth-order valence-corrected chi connectivity index (χ4v) is 4.55. The zero-order valence-electron chi connectivity index (χ0n) is 13.2. The van der Waals surface area contributed by atoms with Crippen LogP contribution in [0, 0.1) is 0 Å². The third-order valence-electron chi connectivity index (χ3n) is 4.61. The maximum absolute atomic E-state index is 6.18. The van der Waals surface area contributed by atoms with Gasteiger partial charge >= 0.3 is 0 Å². The SMILES string of the molecule is CC(C)NCc1cnn(C2CCOC3(CCSCC3)C2)c1. The standard InChI is InChI=1S/C16H27N3OS/c1-13(2)17-10-14-11-18-19(12-14)15-3-6-20-16(9-15)4-7-21-8-5-16/h11-13,15,17H,3-10H2,1-2H3. The fraction of sp³-hybridized carbons (Fsp3) is 0.812. The topological polar surface area (TPSA) is 39.1 Å². The van der Waals surface area contributed by atoms with Gasteiger partial charge in [-0.3, -0.25) is 4.68 Å². The van der Waals surface area contributed by atoms with Gasteiger partial charge in [0.25, 0.3) is 0 Å².